The van der Waals surface area contributed by atoms with Gasteiger partial charge in [-0.25, -0.2) is 0 Å². The molecule has 2 heteroatoms. The van der Waals surface area contributed by atoms with Crippen molar-refractivity contribution in [3.8, 4) is 0 Å². The first-order valence-corrected chi connectivity index (χ1v) is 2.15. The van der Waals surface area contributed by atoms with Crippen LogP contribution in [-0.4, -0.2) is 13.2 Å². The molecule has 0 saturated heterocycles. The topological polar surface area (TPSA) is 12.0 Å². The van der Waals surface area contributed by atoms with Crippen LogP contribution in [0.4, 0.5) is 0 Å². The van der Waals surface area contributed by atoms with Crippen molar-refractivity contribution in [2.75, 3.05) is 0 Å². The van der Waals surface area contributed by atoms with E-state index in [-0.39, 0.29) is 0 Å². The zero-order valence-electron chi connectivity index (χ0n) is 3.81. The summed E-state index contributed by atoms with van der Waals surface area (Å²) in [4.78, 5) is 0. The molecule has 1 atom stereocenters. The molecule has 0 aromatic rings. The van der Waals surface area contributed by atoms with E-state index in [0.29, 0.717) is 5.94 Å². The molecule has 1 unspecified atom stereocenters. The predicted octanol–water partition coefficient (Wildman–Crippen LogP) is 0.111. The van der Waals surface area contributed by atoms with Crippen molar-refractivity contribution in [3.63, 3.8) is 0 Å². The highest BCUT2D eigenvalue weighted by Crippen LogP contribution is 1.85. The molecule has 1 aliphatic rings. The highest BCUT2D eigenvalue weighted by atomic mass is 14.9. The molecule has 0 saturated carbocycles. The summed E-state index contributed by atoms with van der Waals surface area (Å²) in [5.41, 5.74) is 0. The van der Waals surface area contributed by atoms with Gasteiger partial charge in [-0.2, -0.15) is 0 Å². The van der Waals surface area contributed by atoms with Crippen LogP contribution in [0.5, 0.6) is 0 Å². The number of nitrogens with one attached hydrogen (secondary N) is 1. The van der Waals surface area contributed by atoms with Gasteiger partial charge in [-0.1, -0.05) is 6.92 Å². The Morgan fingerprint density at radius 2 is 2.67 bits per heavy atom. The third-order valence-electron chi connectivity index (χ3n) is 0.855. The summed E-state index contributed by atoms with van der Waals surface area (Å²) >= 11 is 0. The molecule has 0 aliphatic carbocycles. The minimum Gasteiger partial charge on any atom is -0.397 e. The largest absolute Gasteiger partial charge is 0.397 e. The summed E-state index contributed by atoms with van der Waals surface area (Å²) < 4.78 is 0. The lowest BCUT2D eigenvalue weighted by Crippen LogP contribution is -2.19. The number of hydrogen-bond acceptors (Lipinski definition) is 1. The maximum Gasteiger partial charge on any atom is 0.172 e. The highest BCUT2D eigenvalue weighted by Gasteiger charge is 2.00. The molecule has 1 aliphatic heterocycles. The zero-order valence-corrected chi connectivity index (χ0v) is 3.81. The van der Waals surface area contributed by atoms with Crippen LogP contribution >= 0.6 is 0 Å². The fourth-order valence-electron chi connectivity index (χ4n) is 0.485. The standard InChI is InChI=1S/C4H7BN/c1-4-5-2-3-6-4/h2-4,6H,1H3. The maximum absolute atomic E-state index is 3.08. The third kappa shape index (κ3) is 0.561. The Kier molecular flexibility index (Phi) is 0.865. The minimum atomic E-state index is 0.560. The Morgan fingerprint density at radius 3 is 2.83 bits per heavy atom. The van der Waals surface area contributed by atoms with Crippen molar-refractivity contribution in [3.05, 3.63) is 12.2 Å². The van der Waals surface area contributed by atoms with E-state index in [1.165, 1.54) is 0 Å². The molecule has 1 rings (SSSR count). The Hall–Kier alpha value is -0.395. The zero-order chi connectivity index (χ0) is 4.41. The van der Waals surface area contributed by atoms with Gasteiger partial charge in [0.1, 0.15) is 0 Å². The van der Waals surface area contributed by atoms with Crippen molar-refractivity contribution in [1.82, 2.24) is 5.32 Å². The van der Waals surface area contributed by atoms with Crippen molar-refractivity contribution in [2.45, 2.75) is 12.9 Å². The molecule has 1 N–H and O–H groups in total. The second kappa shape index (κ2) is 1.37. The van der Waals surface area contributed by atoms with Gasteiger partial charge >= 0.3 is 0 Å². The van der Waals surface area contributed by atoms with Crippen LogP contribution in [-0.2, 0) is 0 Å². The van der Waals surface area contributed by atoms with Gasteiger partial charge in [0.05, 0.1) is 0 Å². The molecule has 0 fully saturated rings. The SMILES string of the molecule is CC1[B]C=CN1. The van der Waals surface area contributed by atoms with Gasteiger partial charge in [-0.3, -0.25) is 0 Å². The monoisotopic (exact) mass is 80.1 g/mol. The maximum atomic E-state index is 3.08. The van der Waals surface area contributed by atoms with Gasteiger partial charge < -0.3 is 5.32 Å². The van der Waals surface area contributed by atoms with E-state index in [1.54, 1.807) is 0 Å². The van der Waals surface area contributed by atoms with E-state index in [4.69, 9.17) is 0 Å². The van der Waals surface area contributed by atoms with Gasteiger partial charge in [0.2, 0.25) is 0 Å². The molecule has 0 amide bonds. The molecular weight excluding hydrogens is 72.9 g/mol. The fourth-order valence-corrected chi connectivity index (χ4v) is 0.485. The van der Waals surface area contributed by atoms with Crippen molar-refractivity contribution >= 4 is 7.28 Å². The smallest absolute Gasteiger partial charge is 0.172 e. The first-order chi connectivity index (χ1) is 2.89. The quantitative estimate of drug-likeness (QED) is 0.407. The van der Waals surface area contributed by atoms with Crippen molar-refractivity contribution in [1.29, 1.82) is 0 Å². The summed E-state index contributed by atoms with van der Waals surface area (Å²) in [6.45, 7) is 2.11. The second-order valence-electron chi connectivity index (χ2n) is 1.51. The summed E-state index contributed by atoms with van der Waals surface area (Å²) in [5.74, 6) is 2.58. The van der Waals surface area contributed by atoms with Crippen LogP contribution in [0.2, 0.25) is 0 Å². The minimum absolute atomic E-state index is 0.560. The molecule has 1 nitrogen and oxygen atoms in total. The summed E-state index contributed by atoms with van der Waals surface area (Å²) in [7, 11) is 2.11. The van der Waals surface area contributed by atoms with Crippen LogP contribution in [0.1, 0.15) is 6.92 Å². The normalized spacial score (nSPS) is 29.2. The first kappa shape index (κ1) is 3.78. The Labute approximate surface area is 38.7 Å². The first-order valence-electron chi connectivity index (χ1n) is 2.15. The van der Waals surface area contributed by atoms with Crippen LogP contribution in [0.3, 0.4) is 0 Å². The average molecular weight is 79.9 g/mol. The number of rotatable bonds is 0. The van der Waals surface area contributed by atoms with E-state index >= 15 is 0 Å². The lowest BCUT2D eigenvalue weighted by Gasteiger charge is -1.96. The van der Waals surface area contributed by atoms with E-state index in [2.05, 4.69) is 19.5 Å². The van der Waals surface area contributed by atoms with Gasteiger partial charge in [0, 0.05) is 0 Å². The van der Waals surface area contributed by atoms with Gasteiger partial charge in [-0.05, 0) is 12.1 Å². The molecule has 0 bridgehead atoms. The molecule has 6 heavy (non-hydrogen) atoms. The summed E-state index contributed by atoms with van der Waals surface area (Å²) in [5, 5.41) is 3.08. The highest BCUT2D eigenvalue weighted by molar-refractivity contribution is 6.45. The summed E-state index contributed by atoms with van der Waals surface area (Å²) in [6, 6.07) is 0. The van der Waals surface area contributed by atoms with Crippen LogP contribution in [0, 0.1) is 0 Å². The van der Waals surface area contributed by atoms with Gasteiger partial charge in [0.25, 0.3) is 0 Å². The fraction of sp³-hybridized carbons (Fsp3) is 0.500. The third-order valence-corrected chi connectivity index (χ3v) is 0.855. The lowest BCUT2D eigenvalue weighted by molar-refractivity contribution is 0.856. The molecule has 0 aromatic heterocycles. The van der Waals surface area contributed by atoms with E-state index in [1.807, 2.05) is 12.2 Å². The Balaban J connectivity index is 2.32. The molecule has 0 spiro atoms. The molecule has 1 heterocycles. The molecule has 1 radical (unpaired) electrons. The number of hydrogen-bond donors (Lipinski definition) is 1. The lowest BCUT2D eigenvalue weighted by atomic mass is 9.73. The van der Waals surface area contributed by atoms with E-state index < -0.39 is 0 Å². The van der Waals surface area contributed by atoms with Crippen molar-refractivity contribution < 1.29 is 0 Å². The van der Waals surface area contributed by atoms with Gasteiger partial charge in [0.15, 0.2) is 7.28 Å². The second-order valence-corrected chi connectivity index (χ2v) is 1.51. The van der Waals surface area contributed by atoms with Crippen LogP contribution in [0.15, 0.2) is 12.2 Å². The van der Waals surface area contributed by atoms with Gasteiger partial charge in [-0.15, -0.1) is 5.98 Å². The molecular formula is C4H7BN. The summed E-state index contributed by atoms with van der Waals surface area (Å²) in [6.07, 6.45) is 1.95. The van der Waals surface area contributed by atoms with E-state index in [0.717, 1.165) is 0 Å². The predicted molar refractivity (Wildman–Crippen MR) is 27.5 cm³/mol. The van der Waals surface area contributed by atoms with Crippen LogP contribution < -0.4 is 5.32 Å². The average Bonchev–Trinajstić information content (AvgIpc) is 1.86. The van der Waals surface area contributed by atoms with E-state index in [9.17, 15) is 0 Å². The molecule has 0 aromatic carbocycles. The Morgan fingerprint density at radius 1 is 1.83 bits per heavy atom. The van der Waals surface area contributed by atoms with Crippen LogP contribution in [0.25, 0.3) is 0 Å². The van der Waals surface area contributed by atoms with Crippen molar-refractivity contribution in [2.24, 2.45) is 0 Å². The Bertz CT molecular complexity index is 61.9. The molecule has 31 valence electrons.